The highest BCUT2D eigenvalue weighted by molar-refractivity contribution is 5.91. The summed E-state index contributed by atoms with van der Waals surface area (Å²) >= 11 is 0. The van der Waals surface area contributed by atoms with E-state index in [0.717, 1.165) is 21.8 Å². The van der Waals surface area contributed by atoms with Crippen molar-refractivity contribution in [3.8, 4) is 0 Å². The Hall–Kier alpha value is -2.03. The molecule has 14 heavy (non-hydrogen) atoms. The van der Waals surface area contributed by atoms with Gasteiger partial charge in [-0.3, -0.25) is 9.97 Å². The van der Waals surface area contributed by atoms with Crippen molar-refractivity contribution in [3.63, 3.8) is 0 Å². The zero-order valence-electron chi connectivity index (χ0n) is 7.38. The molecule has 3 heterocycles. The Balaban J connectivity index is 2.52. The first-order valence-corrected chi connectivity index (χ1v) is 4.38. The molecule has 0 aliphatic rings. The lowest BCUT2D eigenvalue weighted by molar-refractivity contribution is 1.31. The molecular formula is C11H7N3. The zero-order valence-corrected chi connectivity index (χ0v) is 7.38. The number of pyridine rings is 3. The quantitative estimate of drug-likeness (QED) is 0.499. The summed E-state index contributed by atoms with van der Waals surface area (Å²) in [5, 5.41) is 2.16. The summed E-state index contributed by atoms with van der Waals surface area (Å²) in [6.07, 6.45) is 7.11. The van der Waals surface area contributed by atoms with E-state index in [1.54, 1.807) is 18.6 Å². The summed E-state index contributed by atoms with van der Waals surface area (Å²) in [4.78, 5) is 12.6. The average Bonchev–Trinajstić information content (AvgIpc) is 2.26. The second-order valence-corrected chi connectivity index (χ2v) is 3.13. The Morgan fingerprint density at radius 1 is 0.786 bits per heavy atom. The minimum Gasteiger partial charge on any atom is -0.264 e. The lowest BCUT2D eigenvalue weighted by atomic mass is 10.2. The Morgan fingerprint density at radius 3 is 2.64 bits per heavy atom. The normalized spacial score (nSPS) is 10.9. The van der Waals surface area contributed by atoms with Gasteiger partial charge >= 0.3 is 0 Å². The first kappa shape index (κ1) is 7.38. The molecule has 0 aliphatic carbocycles. The van der Waals surface area contributed by atoms with Crippen molar-refractivity contribution in [3.05, 3.63) is 43.0 Å². The molecule has 66 valence electrons. The molecule has 0 aromatic carbocycles. The smallest absolute Gasteiger partial charge is 0.0892 e. The van der Waals surface area contributed by atoms with Crippen molar-refractivity contribution < 1.29 is 0 Å². The molecule has 0 saturated heterocycles. The largest absolute Gasteiger partial charge is 0.264 e. The van der Waals surface area contributed by atoms with Crippen LogP contribution in [0.3, 0.4) is 0 Å². The molecule has 0 fully saturated rings. The highest BCUT2D eigenvalue weighted by atomic mass is 14.7. The summed E-state index contributed by atoms with van der Waals surface area (Å²) in [6.45, 7) is 0. The summed E-state index contributed by atoms with van der Waals surface area (Å²) in [6, 6.07) is 5.93. The highest BCUT2D eigenvalue weighted by Crippen LogP contribution is 2.16. The molecule has 0 bridgehead atoms. The van der Waals surface area contributed by atoms with Crippen LogP contribution in [0.2, 0.25) is 0 Å². The predicted molar refractivity (Wildman–Crippen MR) is 54.8 cm³/mol. The third-order valence-electron chi connectivity index (χ3n) is 2.21. The molecule has 0 saturated carbocycles. The van der Waals surface area contributed by atoms with Gasteiger partial charge in [0.1, 0.15) is 0 Å². The molecule has 0 radical (unpaired) electrons. The number of rotatable bonds is 0. The number of hydrogen-bond donors (Lipinski definition) is 0. The van der Waals surface area contributed by atoms with Crippen LogP contribution in [0, 0.1) is 0 Å². The van der Waals surface area contributed by atoms with E-state index in [1.165, 1.54) is 0 Å². The molecule has 0 N–H and O–H groups in total. The van der Waals surface area contributed by atoms with E-state index < -0.39 is 0 Å². The first-order valence-electron chi connectivity index (χ1n) is 4.38. The summed E-state index contributed by atoms with van der Waals surface area (Å²) in [7, 11) is 0. The van der Waals surface area contributed by atoms with E-state index in [2.05, 4.69) is 21.0 Å². The Labute approximate surface area is 80.5 Å². The molecule has 3 aromatic heterocycles. The molecule has 3 heteroatoms. The second kappa shape index (κ2) is 2.73. The van der Waals surface area contributed by atoms with Crippen molar-refractivity contribution >= 4 is 21.8 Å². The molecule has 0 unspecified atom stereocenters. The number of nitrogens with zero attached hydrogens (tertiary/aromatic N) is 3. The van der Waals surface area contributed by atoms with Crippen LogP contribution < -0.4 is 0 Å². The summed E-state index contributed by atoms with van der Waals surface area (Å²) in [5.74, 6) is 0. The average molecular weight is 181 g/mol. The van der Waals surface area contributed by atoms with E-state index in [9.17, 15) is 0 Å². The standard InChI is InChI=1S/C11H7N3/c1-3-13-7-11-8(1)5-9-6-12-4-2-10(9)14-11/h1-7H. The van der Waals surface area contributed by atoms with E-state index in [-0.39, 0.29) is 0 Å². The third kappa shape index (κ3) is 1.03. The highest BCUT2D eigenvalue weighted by Gasteiger charge is 1.97. The lowest BCUT2D eigenvalue weighted by Gasteiger charge is -1.99. The van der Waals surface area contributed by atoms with Gasteiger partial charge < -0.3 is 0 Å². The van der Waals surface area contributed by atoms with Crippen LogP contribution in [0.15, 0.2) is 43.0 Å². The van der Waals surface area contributed by atoms with E-state index in [0.29, 0.717) is 0 Å². The van der Waals surface area contributed by atoms with Crippen LogP contribution in [0.25, 0.3) is 21.8 Å². The van der Waals surface area contributed by atoms with Gasteiger partial charge in [0.25, 0.3) is 0 Å². The topological polar surface area (TPSA) is 38.7 Å². The predicted octanol–water partition coefficient (Wildman–Crippen LogP) is 2.18. The molecular weight excluding hydrogens is 174 g/mol. The van der Waals surface area contributed by atoms with E-state index in [4.69, 9.17) is 0 Å². The van der Waals surface area contributed by atoms with Crippen molar-refractivity contribution in [2.75, 3.05) is 0 Å². The summed E-state index contributed by atoms with van der Waals surface area (Å²) in [5.41, 5.74) is 1.88. The van der Waals surface area contributed by atoms with E-state index >= 15 is 0 Å². The minimum absolute atomic E-state index is 0.922. The van der Waals surface area contributed by atoms with Crippen LogP contribution in [-0.4, -0.2) is 15.0 Å². The van der Waals surface area contributed by atoms with Gasteiger partial charge in [0.05, 0.1) is 17.2 Å². The maximum Gasteiger partial charge on any atom is 0.0892 e. The molecule has 3 nitrogen and oxygen atoms in total. The Kier molecular flexibility index (Phi) is 1.44. The van der Waals surface area contributed by atoms with Crippen molar-refractivity contribution in [1.82, 2.24) is 15.0 Å². The Morgan fingerprint density at radius 2 is 1.64 bits per heavy atom. The SMILES string of the molecule is c1cc2nc3cnccc3cc2cn1. The van der Waals surface area contributed by atoms with Gasteiger partial charge in [-0.05, 0) is 18.2 Å². The number of hydrogen-bond acceptors (Lipinski definition) is 3. The maximum atomic E-state index is 4.48. The third-order valence-corrected chi connectivity index (χ3v) is 2.21. The van der Waals surface area contributed by atoms with Gasteiger partial charge in [0.2, 0.25) is 0 Å². The number of fused-ring (bicyclic) bond motifs is 2. The summed E-state index contributed by atoms with van der Waals surface area (Å²) < 4.78 is 0. The molecule has 0 spiro atoms. The van der Waals surface area contributed by atoms with Gasteiger partial charge in [-0.15, -0.1) is 0 Å². The van der Waals surface area contributed by atoms with E-state index in [1.807, 2.05) is 18.3 Å². The molecule has 3 rings (SSSR count). The van der Waals surface area contributed by atoms with Gasteiger partial charge in [-0.2, -0.15) is 0 Å². The fourth-order valence-corrected chi connectivity index (χ4v) is 1.52. The Bertz CT molecular complexity index is 499. The van der Waals surface area contributed by atoms with Crippen LogP contribution in [0.5, 0.6) is 0 Å². The molecule has 0 aliphatic heterocycles. The zero-order chi connectivity index (χ0) is 9.38. The van der Waals surface area contributed by atoms with Gasteiger partial charge in [0.15, 0.2) is 0 Å². The van der Waals surface area contributed by atoms with Crippen molar-refractivity contribution in [1.29, 1.82) is 0 Å². The molecule has 0 atom stereocenters. The van der Waals surface area contributed by atoms with Crippen LogP contribution >= 0.6 is 0 Å². The maximum absolute atomic E-state index is 4.48. The van der Waals surface area contributed by atoms with Gasteiger partial charge in [0, 0.05) is 29.4 Å². The first-order chi connectivity index (χ1) is 6.93. The second-order valence-electron chi connectivity index (χ2n) is 3.13. The van der Waals surface area contributed by atoms with Crippen LogP contribution in [0.4, 0.5) is 0 Å². The van der Waals surface area contributed by atoms with Crippen molar-refractivity contribution in [2.24, 2.45) is 0 Å². The monoisotopic (exact) mass is 181 g/mol. The fraction of sp³-hybridized carbons (Fsp3) is 0. The van der Waals surface area contributed by atoms with Crippen molar-refractivity contribution in [2.45, 2.75) is 0 Å². The van der Waals surface area contributed by atoms with Crippen LogP contribution in [-0.2, 0) is 0 Å². The minimum atomic E-state index is 0.922. The lowest BCUT2D eigenvalue weighted by Crippen LogP contribution is -1.83. The van der Waals surface area contributed by atoms with Gasteiger partial charge in [-0.25, -0.2) is 4.98 Å². The van der Waals surface area contributed by atoms with Crippen LogP contribution in [0.1, 0.15) is 0 Å². The molecule has 0 amide bonds. The fourth-order valence-electron chi connectivity index (χ4n) is 1.52. The molecule has 3 aromatic rings. The van der Waals surface area contributed by atoms with Gasteiger partial charge in [-0.1, -0.05) is 0 Å². The number of aromatic nitrogens is 3.